The Hall–Kier alpha value is -0.0000000000000000555. The Morgan fingerprint density at radius 1 is 1.37 bits per heavy atom. The molecule has 1 heterocycles. The van der Waals surface area contributed by atoms with Crippen molar-refractivity contribution in [1.82, 2.24) is 5.32 Å². The molecule has 106 valence electrons. The number of hydrogen-bond donors (Lipinski definition) is 1. The lowest BCUT2D eigenvalue weighted by Gasteiger charge is -2.11. The standard InChI is InChI=1S/C13H16BrCl2NO2/c14-10-5-12(16)13(6-11(10)15)19-4-2-17-7-9-1-3-18-8-9/h5-6,9,17H,1-4,7-8H2. The molecule has 0 amide bonds. The maximum atomic E-state index is 6.07. The number of nitrogens with one attached hydrogen (secondary N) is 1. The molecule has 1 saturated heterocycles. The van der Waals surface area contributed by atoms with Crippen molar-refractivity contribution in [2.24, 2.45) is 5.92 Å². The van der Waals surface area contributed by atoms with Crippen LogP contribution in [0.2, 0.25) is 10.0 Å². The van der Waals surface area contributed by atoms with Crippen molar-refractivity contribution in [2.45, 2.75) is 6.42 Å². The molecule has 1 unspecified atom stereocenters. The van der Waals surface area contributed by atoms with Crippen LogP contribution in [0.1, 0.15) is 6.42 Å². The first-order valence-corrected chi connectivity index (χ1v) is 7.77. The third-order valence-corrected chi connectivity index (χ3v) is 4.46. The van der Waals surface area contributed by atoms with Crippen LogP contribution in [0.4, 0.5) is 0 Å². The van der Waals surface area contributed by atoms with Gasteiger partial charge in [-0.1, -0.05) is 23.2 Å². The average Bonchev–Trinajstić information content (AvgIpc) is 2.88. The molecule has 0 aliphatic carbocycles. The molecule has 1 atom stereocenters. The van der Waals surface area contributed by atoms with Gasteiger partial charge >= 0.3 is 0 Å². The second-order valence-electron chi connectivity index (χ2n) is 4.48. The van der Waals surface area contributed by atoms with E-state index in [1.165, 1.54) is 0 Å². The van der Waals surface area contributed by atoms with Crippen molar-refractivity contribution in [2.75, 3.05) is 32.9 Å². The molecule has 3 nitrogen and oxygen atoms in total. The number of hydrogen-bond acceptors (Lipinski definition) is 3. The first kappa shape index (κ1) is 15.4. The monoisotopic (exact) mass is 367 g/mol. The number of benzene rings is 1. The van der Waals surface area contributed by atoms with E-state index >= 15 is 0 Å². The molecule has 0 radical (unpaired) electrons. The van der Waals surface area contributed by atoms with Gasteiger partial charge in [-0.25, -0.2) is 0 Å². The summed E-state index contributed by atoms with van der Waals surface area (Å²) in [7, 11) is 0. The molecular weight excluding hydrogens is 353 g/mol. The zero-order valence-corrected chi connectivity index (χ0v) is 13.5. The maximum Gasteiger partial charge on any atom is 0.139 e. The van der Waals surface area contributed by atoms with Gasteiger partial charge < -0.3 is 14.8 Å². The normalized spacial score (nSPS) is 18.8. The van der Waals surface area contributed by atoms with E-state index in [-0.39, 0.29) is 0 Å². The van der Waals surface area contributed by atoms with Gasteiger partial charge in [0.15, 0.2) is 0 Å². The predicted molar refractivity (Wildman–Crippen MR) is 81.5 cm³/mol. The van der Waals surface area contributed by atoms with Gasteiger partial charge in [-0.15, -0.1) is 0 Å². The molecule has 0 bridgehead atoms. The van der Waals surface area contributed by atoms with Crippen molar-refractivity contribution in [3.63, 3.8) is 0 Å². The highest BCUT2D eigenvalue weighted by atomic mass is 79.9. The summed E-state index contributed by atoms with van der Waals surface area (Å²) in [5, 5.41) is 4.50. The summed E-state index contributed by atoms with van der Waals surface area (Å²) in [5.41, 5.74) is 0. The van der Waals surface area contributed by atoms with E-state index in [1.54, 1.807) is 12.1 Å². The van der Waals surface area contributed by atoms with Gasteiger partial charge in [0.1, 0.15) is 12.4 Å². The van der Waals surface area contributed by atoms with Gasteiger partial charge in [-0.3, -0.25) is 0 Å². The van der Waals surface area contributed by atoms with Crippen LogP contribution in [-0.2, 0) is 4.74 Å². The van der Waals surface area contributed by atoms with Crippen LogP contribution in [0, 0.1) is 5.92 Å². The second-order valence-corrected chi connectivity index (χ2v) is 6.15. The topological polar surface area (TPSA) is 30.5 Å². The minimum atomic E-state index is 0.556. The van der Waals surface area contributed by atoms with E-state index in [2.05, 4.69) is 21.2 Å². The molecule has 1 aromatic carbocycles. The fourth-order valence-corrected chi connectivity index (χ4v) is 2.75. The van der Waals surface area contributed by atoms with Crippen molar-refractivity contribution < 1.29 is 9.47 Å². The van der Waals surface area contributed by atoms with Gasteiger partial charge in [-0.05, 0) is 34.3 Å². The summed E-state index contributed by atoms with van der Waals surface area (Å²) in [6, 6.07) is 3.46. The maximum absolute atomic E-state index is 6.07. The summed E-state index contributed by atoms with van der Waals surface area (Å²) in [6.07, 6.45) is 1.14. The van der Waals surface area contributed by atoms with E-state index in [1.807, 2.05) is 0 Å². The Morgan fingerprint density at radius 3 is 2.95 bits per heavy atom. The highest BCUT2D eigenvalue weighted by Crippen LogP contribution is 2.33. The van der Waals surface area contributed by atoms with Crippen LogP contribution in [0.5, 0.6) is 5.75 Å². The lowest BCUT2D eigenvalue weighted by molar-refractivity contribution is 0.185. The fraction of sp³-hybridized carbons (Fsp3) is 0.538. The zero-order valence-electron chi connectivity index (χ0n) is 10.4. The summed E-state index contributed by atoms with van der Waals surface area (Å²) < 4.78 is 11.7. The molecule has 1 aliphatic rings. The van der Waals surface area contributed by atoms with E-state index in [0.717, 1.165) is 37.2 Å². The van der Waals surface area contributed by atoms with Crippen LogP contribution >= 0.6 is 39.1 Å². The minimum absolute atomic E-state index is 0.556. The lowest BCUT2D eigenvalue weighted by Crippen LogP contribution is -2.27. The third-order valence-electron chi connectivity index (χ3n) is 2.97. The molecular formula is C13H16BrCl2NO2. The SMILES string of the molecule is Clc1cc(OCCNCC2CCOC2)c(Cl)cc1Br. The van der Waals surface area contributed by atoms with Gasteiger partial charge in [0.2, 0.25) is 0 Å². The Morgan fingerprint density at radius 2 is 2.21 bits per heavy atom. The molecule has 1 aliphatic heterocycles. The van der Waals surface area contributed by atoms with Crippen LogP contribution in [0.25, 0.3) is 0 Å². The van der Waals surface area contributed by atoms with E-state index in [9.17, 15) is 0 Å². The highest BCUT2D eigenvalue weighted by molar-refractivity contribution is 9.10. The molecule has 6 heteroatoms. The lowest BCUT2D eigenvalue weighted by atomic mass is 10.1. The molecule has 2 rings (SSSR count). The third kappa shape index (κ3) is 4.80. The smallest absolute Gasteiger partial charge is 0.139 e. The molecule has 0 spiro atoms. The summed E-state index contributed by atoms with van der Waals surface area (Å²) >= 11 is 15.4. The Bertz CT molecular complexity index is 425. The van der Waals surface area contributed by atoms with Crippen molar-refractivity contribution in [3.8, 4) is 5.75 Å². The number of rotatable bonds is 6. The quantitative estimate of drug-likeness (QED) is 0.612. The first-order chi connectivity index (χ1) is 9.16. The largest absolute Gasteiger partial charge is 0.491 e. The Balaban J connectivity index is 1.69. The van der Waals surface area contributed by atoms with Gasteiger partial charge in [0.25, 0.3) is 0 Å². The number of halogens is 3. The van der Waals surface area contributed by atoms with Crippen LogP contribution < -0.4 is 10.1 Å². The highest BCUT2D eigenvalue weighted by Gasteiger charge is 2.14. The van der Waals surface area contributed by atoms with Crippen LogP contribution in [0.15, 0.2) is 16.6 Å². The molecule has 1 fully saturated rings. The molecule has 1 aromatic rings. The minimum Gasteiger partial charge on any atom is -0.491 e. The summed E-state index contributed by atoms with van der Waals surface area (Å²) in [6.45, 7) is 4.06. The van der Waals surface area contributed by atoms with E-state index in [4.69, 9.17) is 32.7 Å². The Labute approximate surface area is 131 Å². The first-order valence-electron chi connectivity index (χ1n) is 6.22. The fourth-order valence-electron chi connectivity index (χ4n) is 1.90. The predicted octanol–water partition coefficient (Wildman–Crippen LogP) is 3.76. The zero-order chi connectivity index (χ0) is 13.7. The Kier molecular flexibility index (Phi) is 6.23. The summed E-state index contributed by atoms with van der Waals surface area (Å²) in [4.78, 5) is 0. The van der Waals surface area contributed by atoms with E-state index < -0.39 is 0 Å². The van der Waals surface area contributed by atoms with Crippen molar-refractivity contribution in [3.05, 3.63) is 26.7 Å². The van der Waals surface area contributed by atoms with Crippen molar-refractivity contribution >= 4 is 39.1 Å². The van der Waals surface area contributed by atoms with Crippen LogP contribution in [0.3, 0.4) is 0 Å². The van der Waals surface area contributed by atoms with Crippen LogP contribution in [-0.4, -0.2) is 32.9 Å². The molecule has 0 aromatic heterocycles. The van der Waals surface area contributed by atoms with Gasteiger partial charge in [0, 0.05) is 30.2 Å². The summed E-state index contributed by atoms with van der Waals surface area (Å²) in [5.74, 6) is 1.24. The van der Waals surface area contributed by atoms with Gasteiger partial charge in [0.05, 0.1) is 16.7 Å². The molecule has 1 N–H and O–H groups in total. The number of ether oxygens (including phenoxy) is 2. The molecule has 0 saturated carbocycles. The second kappa shape index (κ2) is 7.70. The molecule has 19 heavy (non-hydrogen) atoms. The van der Waals surface area contributed by atoms with Gasteiger partial charge in [-0.2, -0.15) is 0 Å². The van der Waals surface area contributed by atoms with Crippen molar-refractivity contribution in [1.29, 1.82) is 0 Å². The van der Waals surface area contributed by atoms with E-state index in [0.29, 0.717) is 28.3 Å². The average molecular weight is 369 g/mol.